The molecule has 1 heterocycles. The minimum atomic E-state index is -0.549. The van der Waals surface area contributed by atoms with E-state index in [2.05, 4.69) is 139 Å². The van der Waals surface area contributed by atoms with Crippen LogP contribution in [0.25, 0.3) is 0 Å². The molecular weight excluding hydrogens is 540 g/mol. The van der Waals surface area contributed by atoms with Crippen LogP contribution in [0.3, 0.4) is 0 Å². The minimum absolute atomic E-state index is 0.0693. The molecule has 5 rings (SSSR count). The topological polar surface area (TPSA) is 41.6 Å². The van der Waals surface area contributed by atoms with Crippen molar-refractivity contribution in [1.29, 1.82) is 0 Å². The van der Waals surface area contributed by atoms with Gasteiger partial charge in [0.2, 0.25) is 0 Å². The number of carbonyl (C=O) groups excluding carboxylic acids is 1. The first kappa shape index (κ1) is 31.3. The Bertz CT molecular complexity index is 1360. The number of benzene rings is 4. The van der Waals surface area contributed by atoms with Crippen LogP contribution in [0.15, 0.2) is 133 Å². The molecule has 4 nitrogen and oxygen atoms in total. The molecule has 0 unspecified atom stereocenters. The molecule has 0 radical (unpaired) electrons. The third-order valence-corrected chi connectivity index (χ3v) is 8.42. The number of hydrogen-bond donors (Lipinski definition) is 1. The van der Waals surface area contributed by atoms with Crippen LogP contribution >= 0.6 is 0 Å². The number of likely N-dealkylation sites (tertiary alicyclic amines) is 1. The van der Waals surface area contributed by atoms with Crippen molar-refractivity contribution in [3.8, 4) is 0 Å². The molecule has 0 aliphatic carbocycles. The number of rotatable bonds is 10. The molecule has 4 heteroatoms. The van der Waals surface area contributed by atoms with Gasteiger partial charge in [-0.3, -0.25) is 5.32 Å². The number of allylic oxidation sites excluding steroid dienone is 1. The van der Waals surface area contributed by atoms with Gasteiger partial charge >= 0.3 is 6.09 Å². The number of ether oxygens (including phenoxy) is 1. The van der Waals surface area contributed by atoms with Gasteiger partial charge in [-0.25, -0.2) is 4.79 Å². The highest BCUT2D eigenvalue weighted by molar-refractivity contribution is 5.68. The number of carbonyl (C=O) groups is 1. The first-order valence-electron chi connectivity index (χ1n) is 16.0. The van der Waals surface area contributed by atoms with Crippen molar-refractivity contribution in [3.63, 3.8) is 0 Å². The zero-order valence-corrected chi connectivity index (χ0v) is 26.4. The summed E-state index contributed by atoms with van der Waals surface area (Å²) in [5.74, 6) is 0.546. The Morgan fingerprint density at radius 1 is 0.773 bits per heavy atom. The number of nitrogens with zero attached hydrogens (tertiary/aromatic N) is 1. The first-order valence-corrected chi connectivity index (χ1v) is 16.0. The molecule has 0 spiro atoms. The zero-order valence-electron chi connectivity index (χ0n) is 26.4. The standard InChI is InChI=1S/C40H46N2O2/c1-39(2,3)44-38(43)42-29-27-32(28-30-42)19-16-26-37(31-33-17-8-4-9-18-33)41-40(34-20-10-5-11-21-34,35-22-12-6-13-23-35)36-24-14-7-15-25-36/h4-18,20-26,32,37,41H,19,27-31H2,1-3H3/b26-16+/t37-/m0/s1. The van der Waals surface area contributed by atoms with Crippen LogP contribution in [0.4, 0.5) is 4.79 Å². The van der Waals surface area contributed by atoms with E-state index in [-0.39, 0.29) is 12.1 Å². The van der Waals surface area contributed by atoms with Crippen LogP contribution in [0, 0.1) is 5.92 Å². The average molecular weight is 587 g/mol. The second-order valence-corrected chi connectivity index (χ2v) is 12.9. The smallest absolute Gasteiger partial charge is 0.410 e. The maximum absolute atomic E-state index is 12.6. The van der Waals surface area contributed by atoms with E-state index in [4.69, 9.17) is 4.74 Å². The largest absolute Gasteiger partial charge is 0.444 e. The molecule has 1 fully saturated rings. The van der Waals surface area contributed by atoms with Gasteiger partial charge < -0.3 is 9.64 Å². The van der Waals surface area contributed by atoms with Crippen LogP contribution in [-0.4, -0.2) is 35.7 Å². The van der Waals surface area contributed by atoms with Gasteiger partial charge in [-0.2, -0.15) is 0 Å². The molecule has 1 amide bonds. The van der Waals surface area contributed by atoms with Gasteiger partial charge in [-0.1, -0.05) is 133 Å². The Hall–Kier alpha value is -4.15. The van der Waals surface area contributed by atoms with E-state index >= 15 is 0 Å². The second kappa shape index (κ2) is 14.5. The summed E-state index contributed by atoms with van der Waals surface area (Å²) >= 11 is 0. The van der Waals surface area contributed by atoms with E-state index in [1.54, 1.807) is 0 Å². The molecule has 1 aliphatic rings. The number of nitrogens with one attached hydrogen (secondary N) is 1. The van der Waals surface area contributed by atoms with Gasteiger partial charge in [0.25, 0.3) is 0 Å². The zero-order chi connectivity index (χ0) is 30.8. The summed E-state index contributed by atoms with van der Waals surface area (Å²) in [4.78, 5) is 14.4. The number of amides is 1. The SMILES string of the molecule is CC(C)(C)OC(=O)N1CCC(C/C=C/[C@@H](Cc2ccccc2)NC(c2ccccc2)(c2ccccc2)c2ccccc2)CC1. The van der Waals surface area contributed by atoms with Crippen molar-refractivity contribution in [3.05, 3.63) is 156 Å². The van der Waals surface area contributed by atoms with E-state index in [9.17, 15) is 4.79 Å². The normalized spacial score (nSPS) is 15.3. The fraction of sp³-hybridized carbons (Fsp3) is 0.325. The van der Waals surface area contributed by atoms with Crippen LogP contribution < -0.4 is 5.32 Å². The van der Waals surface area contributed by atoms with Crippen molar-refractivity contribution in [1.82, 2.24) is 10.2 Å². The van der Waals surface area contributed by atoms with E-state index in [0.29, 0.717) is 5.92 Å². The average Bonchev–Trinajstić information content (AvgIpc) is 3.05. The number of hydrogen-bond acceptors (Lipinski definition) is 3. The summed E-state index contributed by atoms with van der Waals surface area (Å²) in [6, 6.07) is 43.2. The highest BCUT2D eigenvalue weighted by Gasteiger charge is 2.37. The summed E-state index contributed by atoms with van der Waals surface area (Å²) in [6.07, 6.45) is 8.37. The van der Waals surface area contributed by atoms with Crippen molar-refractivity contribution in [2.75, 3.05) is 13.1 Å². The molecule has 0 saturated carbocycles. The molecule has 4 aromatic carbocycles. The van der Waals surface area contributed by atoms with Gasteiger partial charge in [0.15, 0.2) is 0 Å². The summed E-state index contributed by atoms with van der Waals surface area (Å²) < 4.78 is 5.60. The third-order valence-electron chi connectivity index (χ3n) is 8.42. The van der Waals surface area contributed by atoms with Crippen molar-refractivity contribution in [2.24, 2.45) is 5.92 Å². The van der Waals surface area contributed by atoms with Gasteiger partial charge in [0.1, 0.15) is 5.60 Å². The molecule has 1 atom stereocenters. The fourth-order valence-corrected chi connectivity index (χ4v) is 6.24. The van der Waals surface area contributed by atoms with Gasteiger partial charge in [-0.05, 0) is 74.6 Å². The fourth-order valence-electron chi connectivity index (χ4n) is 6.24. The van der Waals surface area contributed by atoms with Crippen molar-refractivity contribution < 1.29 is 9.53 Å². The Morgan fingerprint density at radius 3 is 1.68 bits per heavy atom. The molecule has 1 saturated heterocycles. The van der Waals surface area contributed by atoms with E-state index in [1.165, 1.54) is 22.3 Å². The lowest BCUT2D eigenvalue weighted by molar-refractivity contribution is 0.0185. The van der Waals surface area contributed by atoms with E-state index in [1.807, 2.05) is 25.7 Å². The lowest BCUT2D eigenvalue weighted by Crippen LogP contribution is -2.50. The quantitative estimate of drug-likeness (QED) is 0.149. The van der Waals surface area contributed by atoms with E-state index < -0.39 is 11.1 Å². The summed E-state index contributed by atoms with van der Waals surface area (Å²) in [5, 5.41) is 4.19. The Morgan fingerprint density at radius 2 is 1.23 bits per heavy atom. The van der Waals surface area contributed by atoms with Gasteiger partial charge in [0, 0.05) is 19.1 Å². The van der Waals surface area contributed by atoms with Gasteiger partial charge in [-0.15, -0.1) is 0 Å². The van der Waals surface area contributed by atoms with Crippen LogP contribution in [0.5, 0.6) is 0 Å². The molecule has 44 heavy (non-hydrogen) atoms. The summed E-state index contributed by atoms with van der Waals surface area (Å²) in [7, 11) is 0. The molecule has 1 N–H and O–H groups in total. The van der Waals surface area contributed by atoms with Crippen molar-refractivity contribution >= 4 is 6.09 Å². The third kappa shape index (κ3) is 8.06. The predicted molar refractivity (Wildman–Crippen MR) is 181 cm³/mol. The lowest BCUT2D eigenvalue weighted by atomic mass is 9.76. The number of piperidine rings is 1. The highest BCUT2D eigenvalue weighted by Crippen LogP contribution is 2.37. The summed E-state index contributed by atoms with van der Waals surface area (Å²) in [5.41, 5.74) is 3.90. The lowest BCUT2D eigenvalue weighted by Gasteiger charge is -2.40. The maximum atomic E-state index is 12.6. The molecule has 228 valence electrons. The minimum Gasteiger partial charge on any atom is -0.444 e. The molecule has 1 aliphatic heterocycles. The van der Waals surface area contributed by atoms with Crippen molar-refractivity contribution in [2.45, 2.75) is 63.6 Å². The Labute approximate surface area is 263 Å². The van der Waals surface area contributed by atoms with Crippen LogP contribution in [0.2, 0.25) is 0 Å². The monoisotopic (exact) mass is 586 g/mol. The molecule has 4 aromatic rings. The Balaban J connectivity index is 1.42. The highest BCUT2D eigenvalue weighted by atomic mass is 16.6. The maximum Gasteiger partial charge on any atom is 0.410 e. The molecule has 0 aromatic heterocycles. The predicted octanol–water partition coefficient (Wildman–Crippen LogP) is 8.77. The molecule has 0 bridgehead atoms. The first-order chi connectivity index (χ1) is 21.3. The van der Waals surface area contributed by atoms with Crippen LogP contribution in [-0.2, 0) is 16.7 Å². The van der Waals surface area contributed by atoms with Crippen LogP contribution in [0.1, 0.15) is 62.3 Å². The summed E-state index contributed by atoms with van der Waals surface area (Å²) in [6.45, 7) is 7.26. The molecular formula is C40H46N2O2. The van der Waals surface area contributed by atoms with E-state index in [0.717, 1.165) is 38.8 Å². The van der Waals surface area contributed by atoms with Gasteiger partial charge in [0.05, 0.1) is 5.54 Å². The Kier molecular flexibility index (Phi) is 10.3. The second-order valence-electron chi connectivity index (χ2n) is 12.9.